The van der Waals surface area contributed by atoms with Crippen LogP contribution in [0.4, 0.5) is 0 Å². The van der Waals surface area contributed by atoms with Crippen LogP contribution in [0, 0.1) is 5.92 Å². The maximum Gasteiger partial charge on any atom is 0.222 e. The Morgan fingerprint density at radius 2 is 1.17 bits per heavy atom. The van der Waals surface area contributed by atoms with Gasteiger partial charge in [-0.25, -0.2) is 0 Å². The SMILES string of the molecule is CCCCCCCCCCCCCCCC(=O)N(CC(=O)CCc1ccc(-c2ccccc2)cc1)C[C@@H](CC(=O)[C@@H](N)CCCCN)Cc1ccccc1. The summed E-state index contributed by atoms with van der Waals surface area (Å²) in [5.41, 5.74) is 16.5. The minimum atomic E-state index is -0.542. The molecule has 6 nitrogen and oxygen atoms in total. The number of carbonyl (C=O) groups excluding carboxylic acids is 3. The van der Waals surface area contributed by atoms with Crippen LogP contribution >= 0.6 is 0 Å². The quantitative estimate of drug-likeness (QED) is 0.0640. The molecule has 6 heteroatoms. The van der Waals surface area contributed by atoms with Gasteiger partial charge in [-0.15, -0.1) is 0 Å². The van der Waals surface area contributed by atoms with E-state index in [1.54, 1.807) is 4.90 Å². The molecular weight excluding hydrogens is 667 g/mol. The second kappa shape index (κ2) is 27.9. The van der Waals surface area contributed by atoms with Gasteiger partial charge >= 0.3 is 0 Å². The molecule has 54 heavy (non-hydrogen) atoms. The summed E-state index contributed by atoms with van der Waals surface area (Å²) in [6.07, 6.45) is 20.8. The number of nitrogens with two attached hydrogens (primary N) is 2. The molecule has 1 amide bonds. The van der Waals surface area contributed by atoms with Gasteiger partial charge in [-0.3, -0.25) is 14.4 Å². The molecule has 0 aliphatic heterocycles. The minimum Gasteiger partial charge on any atom is -0.335 e. The van der Waals surface area contributed by atoms with Crippen LogP contribution in [-0.4, -0.2) is 48.0 Å². The Balaban J connectivity index is 1.58. The summed E-state index contributed by atoms with van der Waals surface area (Å²) in [5, 5.41) is 0. The smallest absolute Gasteiger partial charge is 0.222 e. The van der Waals surface area contributed by atoms with Crippen LogP contribution in [0.25, 0.3) is 11.1 Å². The van der Waals surface area contributed by atoms with Crippen molar-refractivity contribution >= 4 is 17.5 Å². The average molecular weight is 738 g/mol. The second-order valence-electron chi connectivity index (χ2n) is 15.5. The van der Waals surface area contributed by atoms with Crippen LogP contribution in [0.5, 0.6) is 0 Å². The first kappa shape index (κ1) is 44.8. The van der Waals surface area contributed by atoms with Crippen LogP contribution in [0.15, 0.2) is 84.9 Å². The molecule has 4 N–H and O–H groups in total. The third kappa shape index (κ3) is 19.1. The molecule has 0 heterocycles. The molecular formula is C48H71N3O3. The maximum atomic E-state index is 13.9. The number of rotatable bonds is 31. The van der Waals surface area contributed by atoms with Crippen LogP contribution < -0.4 is 11.5 Å². The predicted octanol–water partition coefficient (Wildman–Crippen LogP) is 10.4. The first-order valence-corrected chi connectivity index (χ1v) is 21.4. The lowest BCUT2D eigenvalue weighted by Crippen LogP contribution is -2.41. The van der Waals surface area contributed by atoms with Gasteiger partial charge in [0.25, 0.3) is 0 Å². The number of aryl methyl sites for hydroxylation is 1. The number of unbranched alkanes of at least 4 members (excludes halogenated alkanes) is 13. The largest absolute Gasteiger partial charge is 0.335 e. The van der Waals surface area contributed by atoms with Crippen molar-refractivity contribution in [2.24, 2.45) is 17.4 Å². The third-order valence-corrected chi connectivity index (χ3v) is 10.7. The molecule has 0 spiro atoms. The van der Waals surface area contributed by atoms with Crippen molar-refractivity contribution in [1.29, 1.82) is 0 Å². The van der Waals surface area contributed by atoms with E-state index in [1.165, 1.54) is 64.2 Å². The number of hydrogen-bond donors (Lipinski definition) is 2. The molecule has 0 radical (unpaired) electrons. The predicted molar refractivity (Wildman–Crippen MR) is 226 cm³/mol. The van der Waals surface area contributed by atoms with Gasteiger partial charge in [-0.05, 0) is 66.8 Å². The molecule has 0 saturated carbocycles. The number of hydrogen-bond acceptors (Lipinski definition) is 5. The van der Waals surface area contributed by atoms with E-state index in [2.05, 4.69) is 55.5 Å². The van der Waals surface area contributed by atoms with E-state index < -0.39 is 6.04 Å². The fraction of sp³-hybridized carbons (Fsp3) is 0.562. The Kier molecular flexibility index (Phi) is 23.1. The van der Waals surface area contributed by atoms with Crippen molar-refractivity contribution < 1.29 is 14.4 Å². The highest BCUT2D eigenvalue weighted by Gasteiger charge is 2.25. The van der Waals surface area contributed by atoms with E-state index in [0.29, 0.717) is 45.2 Å². The van der Waals surface area contributed by atoms with Gasteiger partial charge in [-0.2, -0.15) is 0 Å². The number of amides is 1. The van der Waals surface area contributed by atoms with Gasteiger partial charge in [0.2, 0.25) is 5.91 Å². The standard InChI is InChI=1S/C48H71N3O3/c1-2-3-4-5-6-7-8-9-10-11-12-13-20-28-48(54)51(39-45(52)34-31-40-29-32-44(33-30-40)43-25-18-15-19-26-43)38-42(36-41-23-16-14-17-24-41)37-47(53)46(50)27-21-22-35-49/h14-19,23-26,29-30,32-33,42,46H,2-13,20-22,27-28,31,34-39,49-50H2,1H3/t42-,46+/m1/s1. The zero-order chi connectivity index (χ0) is 38.6. The summed E-state index contributed by atoms with van der Waals surface area (Å²) in [7, 11) is 0. The second-order valence-corrected chi connectivity index (χ2v) is 15.5. The van der Waals surface area contributed by atoms with Gasteiger partial charge in [0, 0.05) is 25.8 Å². The number of benzene rings is 3. The van der Waals surface area contributed by atoms with Gasteiger partial charge in [0.15, 0.2) is 5.78 Å². The topological polar surface area (TPSA) is 106 Å². The molecule has 3 rings (SSSR count). The summed E-state index contributed by atoms with van der Waals surface area (Å²) < 4.78 is 0. The van der Waals surface area contributed by atoms with Crippen LogP contribution in [-0.2, 0) is 27.2 Å². The van der Waals surface area contributed by atoms with Gasteiger partial charge in [0.1, 0.15) is 5.78 Å². The summed E-state index contributed by atoms with van der Waals surface area (Å²) in [4.78, 5) is 42.5. The zero-order valence-electron chi connectivity index (χ0n) is 33.5. The van der Waals surface area contributed by atoms with Crippen LogP contribution in [0.2, 0.25) is 0 Å². The lowest BCUT2D eigenvalue weighted by molar-refractivity contribution is -0.136. The van der Waals surface area contributed by atoms with E-state index in [-0.39, 0.29) is 36.4 Å². The fourth-order valence-corrected chi connectivity index (χ4v) is 7.34. The molecule has 0 saturated heterocycles. The summed E-state index contributed by atoms with van der Waals surface area (Å²) in [6, 6.07) is 28.2. The van der Waals surface area contributed by atoms with Gasteiger partial charge in [-0.1, -0.05) is 175 Å². The van der Waals surface area contributed by atoms with Gasteiger partial charge in [0.05, 0.1) is 12.6 Å². The molecule has 2 atom stereocenters. The van der Waals surface area contributed by atoms with E-state index in [9.17, 15) is 14.4 Å². The van der Waals surface area contributed by atoms with Crippen molar-refractivity contribution in [2.45, 2.75) is 148 Å². The first-order valence-electron chi connectivity index (χ1n) is 21.4. The van der Waals surface area contributed by atoms with Crippen molar-refractivity contribution in [3.63, 3.8) is 0 Å². The van der Waals surface area contributed by atoms with Crippen LogP contribution in [0.1, 0.15) is 140 Å². The normalized spacial score (nSPS) is 12.4. The van der Waals surface area contributed by atoms with Gasteiger partial charge < -0.3 is 16.4 Å². The molecule has 0 aliphatic rings. The Labute approximate surface area is 327 Å². The highest BCUT2D eigenvalue weighted by molar-refractivity contribution is 5.87. The number of nitrogens with zero attached hydrogens (tertiary/aromatic N) is 1. The minimum absolute atomic E-state index is 0.0105. The highest BCUT2D eigenvalue weighted by Crippen LogP contribution is 2.21. The molecule has 296 valence electrons. The molecule has 0 aliphatic carbocycles. The lowest BCUT2D eigenvalue weighted by Gasteiger charge is -2.28. The van der Waals surface area contributed by atoms with E-state index >= 15 is 0 Å². The fourth-order valence-electron chi connectivity index (χ4n) is 7.34. The molecule has 0 fully saturated rings. The van der Waals surface area contributed by atoms with E-state index in [4.69, 9.17) is 11.5 Å². The van der Waals surface area contributed by atoms with E-state index in [0.717, 1.165) is 54.4 Å². The Morgan fingerprint density at radius 3 is 1.76 bits per heavy atom. The monoisotopic (exact) mass is 738 g/mol. The average Bonchev–Trinajstić information content (AvgIpc) is 3.19. The number of Topliss-reactive ketones (excluding diaryl/α,β-unsaturated/α-hetero) is 2. The molecule has 3 aromatic carbocycles. The third-order valence-electron chi connectivity index (χ3n) is 10.7. The molecule has 0 bridgehead atoms. The molecule has 0 unspecified atom stereocenters. The first-order chi connectivity index (χ1) is 26.4. The van der Waals surface area contributed by atoms with Crippen molar-refractivity contribution in [3.05, 3.63) is 96.1 Å². The number of ketones is 2. The highest BCUT2D eigenvalue weighted by atomic mass is 16.2. The summed E-state index contributed by atoms with van der Waals surface area (Å²) >= 11 is 0. The van der Waals surface area contributed by atoms with Crippen molar-refractivity contribution in [2.75, 3.05) is 19.6 Å². The van der Waals surface area contributed by atoms with Crippen LogP contribution in [0.3, 0.4) is 0 Å². The zero-order valence-corrected chi connectivity index (χ0v) is 33.5. The Morgan fingerprint density at radius 1 is 0.611 bits per heavy atom. The molecule has 3 aromatic rings. The van der Waals surface area contributed by atoms with Crippen molar-refractivity contribution in [3.8, 4) is 11.1 Å². The maximum absolute atomic E-state index is 13.9. The summed E-state index contributed by atoms with van der Waals surface area (Å²) in [6.45, 7) is 3.28. The molecule has 0 aromatic heterocycles. The number of carbonyl (C=O) groups is 3. The van der Waals surface area contributed by atoms with Crippen molar-refractivity contribution in [1.82, 2.24) is 4.90 Å². The lowest BCUT2D eigenvalue weighted by atomic mass is 9.90. The Bertz CT molecular complexity index is 1430. The Hall–Kier alpha value is -3.61. The summed E-state index contributed by atoms with van der Waals surface area (Å²) in [5.74, 6) is -0.0583. The van der Waals surface area contributed by atoms with E-state index in [1.807, 2.05) is 36.4 Å².